The minimum Gasteiger partial charge on any atom is -0.320 e. The van der Waals surface area contributed by atoms with E-state index >= 15 is 0 Å². The molecule has 0 spiro atoms. The first kappa shape index (κ1) is 43.4. The number of quaternary nitrogens is 1. The van der Waals surface area contributed by atoms with Crippen molar-refractivity contribution in [1.82, 2.24) is 0 Å². The molecule has 0 heterocycles. The Morgan fingerprint density at radius 1 is 0.362 bits per heavy atom. The van der Waals surface area contributed by atoms with Crippen molar-refractivity contribution in [2.75, 3.05) is 19.6 Å². The second-order valence-corrected chi connectivity index (χ2v) is 14.7. The monoisotopic (exact) mass is 649 g/mol. The summed E-state index contributed by atoms with van der Waals surface area (Å²) in [5.74, 6) is 0. The van der Waals surface area contributed by atoms with Crippen LogP contribution in [0.5, 0.6) is 0 Å². The van der Waals surface area contributed by atoms with E-state index in [1.165, 1.54) is 204 Å². The molecule has 0 aliphatic carbocycles. The summed E-state index contributed by atoms with van der Waals surface area (Å²) in [6.45, 7) is 12.2. The van der Waals surface area contributed by atoms with Crippen LogP contribution in [0.2, 0.25) is 0 Å². The average molecular weight is 649 g/mol. The molecule has 47 heavy (non-hydrogen) atoms. The van der Waals surface area contributed by atoms with Crippen molar-refractivity contribution in [3.8, 4) is 0 Å². The predicted octanol–water partition coefficient (Wildman–Crippen LogP) is 15.3. The summed E-state index contributed by atoms with van der Waals surface area (Å²) in [5, 5.41) is 0. The van der Waals surface area contributed by atoms with Crippen LogP contribution < -0.4 is 0 Å². The van der Waals surface area contributed by atoms with E-state index < -0.39 is 0 Å². The Bertz CT molecular complexity index is 755. The van der Waals surface area contributed by atoms with Gasteiger partial charge >= 0.3 is 0 Å². The van der Waals surface area contributed by atoms with Crippen LogP contribution in [-0.4, -0.2) is 24.1 Å². The van der Waals surface area contributed by atoms with E-state index in [0.717, 1.165) is 0 Å². The average Bonchev–Trinajstić information content (AvgIpc) is 3.09. The molecule has 0 saturated carbocycles. The van der Waals surface area contributed by atoms with E-state index in [-0.39, 0.29) is 0 Å². The van der Waals surface area contributed by atoms with Crippen molar-refractivity contribution < 1.29 is 4.48 Å². The smallest absolute Gasteiger partial charge is 0.104 e. The van der Waals surface area contributed by atoms with Crippen molar-refractivity contribution in [3.05, 3.63) is 72.4 Å². The molecule has 1 aromatic carbocycles. The van der Waals surface area contributed by atoms with Crippen molar-refractivity contribution >= 4 is 0 Å². The van der Waals surface area contributed by atoms with Crippen molar-refractivity contribution in [2.45, 2.75) is 201 Å². The van der Waals surface area contributed by atoms with E-state index in [2.05, 4.69) is 87.6 Å². The highest BCUT2D eigenvalue weighted by molar-refractivity contribution is 5.13. The molecule has 1 rings (SSSR count). The lowest BCUT2D eigenvalue weighted by Crippen LogP contribution is -2.49. The van der Waals surface area contributed by atoms with E-state index in [9.17, 15) is 0 Å². The van der Waals surface area contributed by atoms with Gasteiger partial charge in [0.25, 0.3) is 0 Å². The van der Waals surface area contributed by atoms with Gasteiger partial charge in [-0.1, -0.05) is 145 Å². The van der Waals surface area contributed by atoms with Crippen LogP contribution in [0, 0.1) is 0 Å². The molecule has 0 atom stereocenters. The number of hydrogen-bond acceptors (Lipinski definition) is 0. The van der Waals surface area contributed by atoms with Gasteiger partial charge in [-0.3, -0.25) is 0 Å². The molecule has 0 amide bonds. The largest absolute Gasteiger partial charge is 0.320 e. The van der Waals surface area contributed by atoms with E-state index in [1.807, 2.05) is 0 Å². The van der Waals surface area contributed by atoms with Gasteiger partial charge in [0.2, 0.25) is 0 Å². The van der Waals surface area contributed by atoms with Gasteiger partial charge in [0.15, 0.2) is 0 Å². The number of allylic oxidation sites excluding steroid dienone is 6. The molecule has 0 aliphatic heterocycles. The molecule has 1 nitrogen and oxygen atoms in total. The first-order valence-electron chi connectivity index (χ1n) is 21.1. The predicted molar refractivity (Wildman–Crippen MR) is 214 cm³/mol. The van der Waals surface area contributed by atoms with Crippen molar-refractivity contribution in [3.63, 3.8) is 0 Å². The Labute approximate surface area is 296 Å². The van der Waals surface area contributed by atoms with Gasteiger partial charge in [-0.05, 0) is 116 Å². The Kier molecular flexibility index (Phi) is 31.7. The first-order chi connectivity index (χ1) is 23.3. The normalized spacial score (nSPS) is 12.4. The lowest BCUT2D eigenvalue weighted by atomic mass is 10.0. The first-order valence-corrected chi connectivity index (χ1v) is 21.1. The summed E-state index contributed by atoms with van der Waals surface area (Å²) < 4.78 is 1.32. The molecule has 0 N–H and O–H groups in total. The number of unbranched alkanes of at least 4 members (excludes halogenated alkanes) is 21. The summed E-state index contributed by atoms with van der Waals surface area (Å²) >= 11 is 0. The van der Waals surface area contributed by atoms with Crippen LogP contribution in [0.3, 0.4) is 0 Å². The van der Waals surface area contributed by atoms with Crippen LogP contribution in [0.4, 0.5) is 0 Å². The van der Waals surface area contributed by atoms with Gasteiger partial charge in [-0.2, -0.15) is 0 Å². The highest BCUT2D eigenvalue weighted by Gasteiger charge is 2.26. The second-order valence-electron chi connectivity index (χ2n) is 14.7. The molecule has 0 radical (unpaired) electrons. The van der Waals surface area contributed by atoms with E-state index in [1.54, 1.807) is 5.56 Å². The number of rotatable bonds is 35. The maximum absolute atomic E-state index is 2.45. The third kappa shape index (κ3) is 28.0. The Hall–Kier alpha value is -1.60. The third-order valence-corrected chi connectivity index (χ3v) is 10.0. The van der Waals surface area contributed by atoms with Crippen molar-refractivity contribution in [2.24, 2.45) is 0 Å². The zero-order valence-corrected chi connectivity index (χ0v) is 32.2. The standard InChI is InChI=1S/C46H82N/c1-4-7-10-13-16-19-22-25-28-31-37-42-47(45-46-40-35-34-36-41-46,43-38-32-29-26-23-20-17-14-11-8-5-2)44-39-33-30-27-24-21-18-15-12-9-6-3/h16-21,34-36,40-41H,4-15,22-33,37-39,42-45H2,1-3H3/q+1/b19-16+,20-17+,21-18+. The van der Waals surface area contributed by atoms with Crippen LogP contribution in [0.25, 0.3) is 0 Å². The van der Waals surface area contributed by atoms with Crippen LogP contribution in [-0.2, 0) is 6.54 Å². The summed E-state index contributed by atoms with van der Waals surface area (Å²) in [5.41, 5.74) is 1.54. The minimum atomic E-state index is 1.22. The quantitative estimate of drug-likeness (QED) is 0.0390. The molecule has 1 heteroatoms. The fourth-order valence-electron chi connectivity index (χ4n) is 6.98. The topological polar surface area (TPSA) is 0 Å². The maximum atomic E-state index is 2.45. The molecule has 0 aromatic heterocycles. The lowest BCUT2D eigenvalue weighted by molar-refractivity contribution is -0.941. The van der Waals surface area contributed by atoms with Crippen molar-refractivity contribution in [1.29, 1.82) is 0 Å². The highest BCUT2D eigenvalue weighted by Crippen LogP contribution is 2.22. The molecular formula is C46H82N+. The van der Waals surface area contributed by atoms with Crippen LogP contribution >= 0.6 is 0 Å². The SMILES string of the molecule is CCCCC/C=C/CCCCCC[N+](CCCCCC/C=C/CCCCC)(CCCCCC/C=C/CCCCC)Cc1ccccc1. The fourth-order valence-corrected chi connectivity index (χ4v) is 6.98. The van der Waals surface area contributed by atoms with Gasteiger partial charge in [0, 0.05) is 5.56 Å². The lowest BCUT2D eigenvalue weighted by Gasteiger charge is -2.39. The molecule has 0 unspecified atom stereocenters. The second kappa shape index (κ2) is 34.3. The maximum Gasteiger partial charge on any atom is 0.104 e. The fraction of sp³-hybridized carbons (Fsp3) is 0.739. The minimum absolute atomic E-state index is 1.22. The molecule has 0 bridgehead atoms. The zero-order chi connectivity index (χ0) is 33.8. The van der Waals surface area contributed by atoms with E-state index in [0.29, 0.717) is 0 Å². The third-order valence-electron chi connectivity index (χ3n) is 10.0. The number of benzene rings is 1. The summed E-state index contributed by atoms with van der Waals surface area (Å²) in [4.78, 5) is 0. The highest BCUT2D eigenvalue weighted by atomic mass is 15.3. The zero-order valence-electron chi connectivity index (χ0n) is 32.2. The number of nitrogens with zero attached hydrogens (tertiary/aromatic N) is 1. The Balaban J connectivity index is 2.63. The van der Waals surface area contributed by atoms with Gasteiger partial charge in [0.1, 0.15) is 6.54 Å². The van der Waals surface area contributed by atoms with Gasteiger partial charge < -0.3 is 4.48 Å². The molecule has 1 aromatic rings. The Morgan fingerprint density at radius 2 is 0.660 bits per heavy atom. The molecule has 270 valence electrons. The molecular weight excluding hydrogens is 567 g/mol. The molecule has 0 fully saturated rings. The summed E-state index contributed by atoms with van der Waals surface area (Å²) in [6.07, 6.45) is 51.1. The molecule has 0 aliphatic rings. The Morgan fingerprint density at radius 3 is 0.979 bits per heavy atom. The van der Waals surface area contributed by atoms with Gasteiger partial charge in [-0.15, -0.1) is 0 Å². The molecule has 0 saturated heterocycles. The van der Waals surface area contributed by atoms with Gasteiger partial charge in [0.05, 0.1) is 19.6 Å². The van der Waals surface area contributed by atoms with Gasteiger partial charge in [-0.25, -0.2) is 0 Å². The number of hydrogen-bond donors (Lipinski definition) is 0. The van der Waals surface area contributed by atoms with Crippen LogP contribution in [0.1, 0.15) is 200 Å². The summed E-state index contributed by atoms with van der Waals surface area (Å²) in [7, 11) is 0. The van der Waals surface area contributed by atoms with E-state index in [4.69, 9.17) is 0 Å². The van der Waals surface area contributed by atoms with Crippen LogP contribution in [0.15, 0.2) is 66.8 Å². The summed E-state index contributed by atoms with van der Waals surface area (Å²) in [6, 6.07) is 11.5.